The predicted octanol–water partition coefficient (Wildman–Crippen LogP) is 6.51. The van der Waals surface area contributed by atoms with Gasteiger partial charge in [-0.1, -0.05) is 29.8 Å². The van der Waals surface area contributed by atoms with E-state index in [4.69, 9.17) is 26.6 Å². The van der Waals surface area contributed by atoms with E-state index in [-0.39, 0.29) is 0 Å². The van der Waals surface area contributed by atoms with Crippen molar-refractivity contribution in [1.29, 1.82) is 0 Å². The Balaban J connectivity index is 1.77. The number of nitrogens with zero attached hydrogens (tertiary/aromatic N) is 7. The third-order valence-corrected chi connectivity index (χ3v) is 6.95. The van der Waals surface area contributed by atoms with Crippen LogP contribution in [0.2, 0.25) is 5.02 Å². The van der Waals surface area contributed by atoms with E-state index in [1.54, 1.807) is 0 Å². The summed E-state index contributed by atoms with van der Waals surface area (Å²) in [6.07, 6.45) is 0. The summed E-state index contributed by atoms with van der Waals surface area (Å²) in [7, 11) is 7.88. The molecule has 0 unspecified atom stereocenters. The van der Waals surface area contributed by atoms with E-state index in [0.29, 0.717) is 5.02 Å². The molecule has 1 aliphatic heterocycles. The Morgan fingerprint density at radius 3 is 1.18 bits per heavy atom. The molecule has 0 amide bonds. The predicted molar refractivity (Wildman–Crippen MR) is 149 cm³/mol. The number of hydrogen-bond donors (Lipinski definition) is 0. The van der Waals surface area contributed by atoms with Crippen molar-refractivity contribution in [2.45, 2.75) is 0 Å². The minimum Gasteiger partial charge on any atom is -0.328 e. The lowest BCUT2D eigenvalue weighted by Crippen LogP contribution is -2.20. The molecule has 5 rings (SSSR count). The number of benzene rings is 1. The maximum Gasteiger partial charge on any atom is 0.136 e. The SMILES string of the molecule is CN1c2cccc(n2)N(C)c2cccc(n2)N(C)c2cc(I)cc(c2Cl)N(C)c2cccc1n2. The fourth-order valence-electron chi connectivity index (χ4n) is 3.89. The molecule has 34 heavy (non-hydrogen) atoms. The van der Waals surface area contributed by atoms with Gasteiger partial charge in [0.05, 0.1) is 16.4 Å². The van der Waals surface area contributed by atoms with Crippen molar-refractivity contribution >= 4 is 80.5 Å². The molecule has 0 fully saturated rings. The van der Waals surface area contributed by atoms with Gasteiger partial charge in [0.15, 0.2) is 0 Å². The van der Waals surface area contributed by atoms with Gasteiger partial charge in [0, 0.05) is 31.8 Å². The van der Waals surface area contributed by atoms with Gasteiger partial charge in [0.1, 0.15) is 34.9 Å². The van der Waals surface area contributed by atoms with Gasteiger partial charge >= 0.3 is 0 Å². The fourth-order valence-corrected chi connectivity index (χ4v) is 4.84. The second-order valence-electron chi connectivity index (χ2n) is 8.06. The maximum atomic E-state index is 6.99. The Kier molecular flexibility index (Phi) is 5.95. The molecule has 9 heteroatoms. The molecule has 0 N–H and O–H groups in total. The second-order valence-corrected chi connectivity index (χ2v) is 9.68. The molecule has 0 radical (unpaired) electrons. The monoisotopic (exact) mass is 583 g/mol. The number of fused-ring (bicyclic) bond motifs is 8. The van der Waals surface area contributed by atoms with Gasteiger partial charge in [0.2, 0.25) is 0 Å². The van der Waals surface area contributed by atoms with E-state index in [1.165, 1.54) is 0 Å². The van der Waals surface area contributed by atoms with Crippen molar-refractivity contribution in [2.24, 2.45) is 0 Å². The third-order valence-electron chi connectivity index (χ3n) is 5.94. The Hall–Kier alpha value is -3.11. The van der Waals surface area contributed by atoms with Crippen molar-refractivity contribution in [3.05, 3.63) is 75.3 Å². The van der Waals surface area contributed by atoms with Crippen LogP contribution in [0.15, 0.2) is 66.7 Å². The topological polar surface area (TPSA) is 51.6 Å². The van der Waals surface area contributed by atoms with Gasteiger partial charge in [-0.05, 0) is 71.1 Å². The normalized spacial score (nSPS) is 13.4. The lowest BCUT2D eigenvalue weighted by molar-refractivity contribution is 1.02. The zero-order chi connectivity index (χ0) is 24.0. The van der Waals surface area contributed by atoms with E-state index in [2.05, 4.69) is 34.7 Å². The molecule has 0 saturated heterocycles. The summed E-state index contributed by atoms with van der Waals surface area (Å²) in [5, 5.41) is 0.630. The van der Waals surface area contributed by atoms with Gasteiger partial charge in [-0.15, -0.1) is 0 Å². The molecule has 0 saturated carbocycles. The largest absolute Gasteiger partial charge is 0.328 e. The van der Waals surface area contributed by atoms with Crippen molar-refractivity contribution in [3.63, 3.8) is 0 Å². The first-order valence-electron chi connectivity index (χ1n) is 10.7. The van der Waals surface area contributed by atoms with Crippen LogP contribution < -0.4 is 19.6 Å². The molecule has 0 atom stereocenters. The lowest BCUT2D eigenvalue weighted by atomic mass is 10.2. The van der Waals surface area contributed by atoms with Crippen molar-refractivity contribution in [3.8, 4) is 0 Å². The van der Waals surface area contributed by atoms with Crippen LogP contribution in [0.4, 0.5) is 46.3 Å². The van der Waals surface area contributed by atoms with E-state index in [9.17, 15) is 0 Å². The fraction of sp³-hybridized carbons (Fsp3) is 0.160. The quantitative estimate of drug-likeness (QED) is 0.219. The molecule has 1 aromatic carbocycles. The first-order chi connectivity index (χ1) is 16.3. The first kappa shape index (κ1) is 22.7. The van der Waals surface area contributed by atoms with Crippen LogP contribution in [0, 0.1) is 3.57 Å². The van der Waals surface area contributed by atoms with Crippen molar-refractivity contribution in [1.82, 2.24) is 15.0 Å². The third kappa shape index (κ3) is 4.01. The minimum absolute atomic E-state index is 0.630. The molecule has 7 nitrogen and oxygen atoms in total. The molecular formula is C25H23ClIN7. The molecule has 3 aromatic heterocycles. The number of rotatable bonds is 0. The molecule has 1 aliphatic rings. The molecule has 172 valence electrons. The van der Waals surface area contributed by atoms with Crippen molar-refractivity contribution in [2.75, 3.05) is 47.8 Å². The molecule has 0 aliphatic carbocycles. The number of hydrogen-bond acceptors (Lipinski definition) is 7. The molecule has 0 spiro atoms. The van der Waals surface area contributed by atoms with E-state index in [1.807, 2.05) is 102 Å². The summed E-state index contributed by atoms with van der Waals surface area (Å²) in [5.41, 5.74) is 1.73. The average molecular weight is 584 g/mol. The molecule has 4 heterocycles. The van der Waals surface area contributed by atoms with Crippen LogP contribution in [-0.4, -0.2) is 43.1 Å². The van der Waals surface area contributed by atoms with E-state index < -0.39 is 0 Å². The van der Waals surface area contributed by atoms with Crippen LogP contribution in [0.25, 0.3) is 0 Å². The summed E-state index contributed by atoms with van der Waals surface area (Å²) in [4.78, 5) is 22.7. The number of pyridine rings is 3. The van der Waals surface area contributed by atoms with E-state index >= 15 is 0 Å². The van der Waals surface area contributed by atoms with Gasteiger partial charge < -0.3 is 19.6 Å². The first-order valence-corrected chi connectivity index (χ1v) is 12.1. The Bertz CT molecular complexity index is 1280. The zero-order valence-electron chi connectivity index (χ0n) is 19.2. The smallest absolute Gasteiger partial charge is 0.136 e. The summed E-state index contributed by atoms with van der Waals surface area (Å²) < 4.78 is 1.06. The standard InChI is InChI=1S/C25H23ClIN7/c1-31-17-14-16(27)15-18(25(17)26)32(2)20-9-6-11-22(29-20)34(4)24-13-7-12-23(30-24)33(3)21-10-5-8-19(31)28-21/h5-15H,1-4H3. The van der Waals surface area contributed by atoms with Crippen molar-refractivity contribution < 1.29 is 0 Å². The Morgan fingerprint density at radius 1 is 0.559 bits per heavy atom. The van der Waals surface area contributed by atoms with Gasteiger partial charge in [-0.2, -0.15) is 0 Å². The van der Waals surface area contributed by atoms with Gasteiger partial charge in [0.25, 0.3) is 0 Å². The Labute approximate surface area is 217 Å². The van der Waals surface area contributed by atoms with E-state index in [0.717, 1.165) is 49.9 Å². The van der Waals surface area contributed by atoms with Crippen LogP contribution in [0.3, 0.4) is 0 Å². The summed E-state index contributed by atoms with van der Waals surface area (Å²) in [6, 6.07) is 21.9. The van der Waals surface area contributed by atoms with Crippen LogP contribution in [0.5, 0.6) is 0 Å². The summed E-state index contributed by atoms with van der Waals surface area (Å²) in [6.45, 7) is 0. The highest BCUT2D eigenvalue weighted by atomic mass is 127. The summed E-state index contributed by atoms with van der Waals surface area (Å²) in [5.74, 6) is 4.69. The summed E-state index contributed by atoms with van der Waals surface area (Å²) >= 11 is 9.31. The maximum absolute atomic E-state index is 6.99. The molecular weight excluding hydrogens is 561 g/mol. The molecule has 8 bridgehead atoms. The second kappa shape index (κ2) is 8.92. The van der Waals surface area contributed by atoms with Gasteiger partial charge in [-0.25, -0.2) is 15.0 Å². The average Bonchev–Trinajstić information content (AvgIpc) is 2.87. The number of aromatic nitrogens is 3. The zero-order valence-corrected chi connectivity index (χ0v) is 22.2. The minimum atomic E-state index is 0.630. The molecule has 4 aromatic rings. The highest BCUT2D eigenvalue weighted by molar-refractivity contribution is 14.1. The van der Waals surface area contributed by atoms with Crippen LogP contribution >= 0.6 is 34.2 Å². The lowest BCUT2D eigenvalue weighted by Gasteiger charge is -2.28. The van der Waals surface area contributed by atoms with Crippen LogP contribution in [-0.2, 0) is 0 Å². The Morgan fingerprint density at radius 2 is 0.853 bits per heavy atom. The highest BCUT2D eigenvalue weighted by Crippen LogP contribution is 2.41. The van der Waals surface area contributed by atoms with Gasteiger partial charge in [-0.3, -0.25) is 0 Å². The van der Waals surface area contributed by atoms with Crippen LogP contribution in [0.1, 0.15) is 0 Å². The number of halogens is 2. The number of anilines is 8. The highest BCUT2D eigenvalue weighted by Gasteiger charge is 2.20.